The number of hydrogen-bond acceptors (Lipinski definition) is 4. The van der Waals surface area contributed by atoms with Crippen LogP contribution in [0.4, 0.5) is 0 Å². The van der Waals surface area contributed by atoms with Gasteiger partial charge in [-0.1, -0.05) is 31.0 Å². The second kappa shape index (κ2) is 7.39. The summed E-state index contributed by atoms with van der Waals surface area (Å²) in [5, 5.41) is 0. The molecule has 6 nitrogen and oxygen atoms in total. The van der Waals surface area contributed by atoms with Gasteiger partial charge in [-0.05, 0) is 26.0 Å². The van der Waals surface area contributed by atoms with E-state index < -0.39 is 10.2 Å². The highest BCUT2D eigenvalue weighted by molar-refractivity contribution is 7.87. The molecule has 1 aliphatic carbocycles. The Morgan fingerprint density at radius 1 is 1.17 bits per heavy atom. The van der Waals surface area contributed by atoms with Crippen LogP contribution in [0.25, 0.3) is 0 Å². The van der Waals surface area contributed by atoms with E-state index in [1.165, 1.54) is 0 Å². The van der Waals surface area contributed by atoms with Gasteiger partial charge in [0.2, 0.25) is 0 Å². The van der Waals surface area contributed by atoms with E-state index in [4.69, 9.17) is 4.74 Å². The standard InChI is InChI=1S/C17H27N3O3S/c1-19-11-12-20(24(21,22)18-14-7-3-4-8-14)13-16(19)15-9-5-6-10-17(15)23-2/h5-6,9-10,14,16,18H,3-4,7-8,11-13H2,1-2H3. The molecule has 2 fully saturated rings. The summed E-state index contributed by atoms with van der Waals surface area (Å²) in [6, 6.07) is 7.93. The number of likely N-dealkylation sites (N-methyl/N-ethyl adjacent to an activating group) is 1. The lowest BCUT2D eigenvalue weighted by Gasteiger charge is -2.39. The van der Waals surface area contributed by atoms with Crippen LogP contribution < -0.4 is 9.46 Å². The van der Waals surface area contributed by atoms with Crippen molar-refractivity contribution in [2.24, 2.45) is 0 Å². The molecule has 1 N–H and O–H groups in total. The summed E-state index contributed by atoms with van der Waals surface area (Å²) in [6.07, 6.45) is 4.12. The van der Waals surface area contributed by atoms with Crippen molar-refractivity contribution in [3.05, 3.63) is 29.8 Å². The average Bonchev–Trinajstić information content (AvgIpc) is 3.07. The van der Waals surface area contributed by atoms with Crippen LogP contribution in [0, 0.1) is 0 Å². The second-order valence-corrected chi connectivity index (χ2v) is 8.40. The normalized spacial score (nSPS) is 24.3. The van der Waals surface area contributed by atoms with E-state index >= 15 is 0 Å². The number of ether oxygens (including phenoxy) is 1. The third-order valence-corrected chi connectivity index (χ3v) is 6.76. The smallest absolute Gasteiger partial charge is 0.279 e. The van der Waals surface area contributed by atoms with Gasteiger partial charge >= 0.3 is 0 Å². The van der Waals surface area contributed by atoms with Gasteiger partial charge in [-0.2, -0.15) is 17.4 Å². The number of hydrogen-bond donors (Lipinski definition) is 1. The molecule has 0 radical (unpaired) electrons. The first-order chi connectivity index (χ1) is 11.5. The fourth-order valence-corrected chi connectivity index (χ4v) is 5.14. The van der Waals surface area contributed by atoms with E-state index in [0.717, 1.165) is 37.0 Å². The molecule has 1 unspecified atom stereocenters. The fourth-order valence-electron chi connectivity index (χ4n) is 3.67. The predicted molar refractivity (Wildman–Crippen MR) is 94.2 cm³/mol. The van der Waals surface area contributed by atoms with E-state index in [1.54, 1.807) is 11.4 Å². The number of methoxy groups -OCH3 is 1. The zero-order valence-corrected chi connectivity index (χ0v) is 15.3. The Morgan fingerprint density at radius 3 is 2.58 bits per heavy atom. The highest BCUT2D eigenvalue weighted by atomic mass is 32.2. The molecule has 0 spiro atoms. The van der Waals surface area contributed by atoms with Gasteiger partial charge in [0.15, 0.2) is 0 Å². The number of rotatable bonds is 5. The summed E-state index contributed by atoms with van der Waals surface area (Å²) >= 11 is 0. The molecule has 1 aliphatic heterocycles. The number of nitrogens with zero attached hydrogens (tertiary/aromatic N) is 2. The van der Waals surface area contributed by atoms with Gasteiger partial charge in [0.05, 0.1) is 13.2 Å². The molecular formula is C17H27N3O3S. The molecule has 3 rings (SSSR count). The van der Waals surface area contributed by atoms with Gasteiger partial charge in [-0.25, -0.2) is 0 Å². The maximum Gasteiger partial charge on any atom is 0.279 e. The van der Waals surface area contributed by atoms with E-state index in [1.807, 2.05) is 31.3 Å². The number of benzene rings is 1. The average molecular weight is 353 g/mol. The van der Waals surface area contributed by atoms with Crippen molar-refractivity contribution >= 4 is 10.2 Å². The second-order valence-electron chi connectivity index (χ2n) is 6.70. The minimum Gasteiger partial charge on any atom is -0.496 e. The summed E-state index contributed by atoms with van der Waals surface area (Å²) in [6.45, 7) is 1.66. The minimum atomic E-state index is -3.43. The van der Waals surface area contributed by atoms with Crippen LogP contribution >= 0.6 is 0 Å². The summed E-state index contributed by atoms with van der Waals surface area (Å²) in [5.41, 5.74) is 1.03. The van der Waals surface area contributed by atoms with E-state index in [0.29, 0.717) is 19.6 Å². The summed E-state index contributed by atoms with van der Waals surface area (Å²) in [4.78, 5) is 2.19. The highest BCUT2D eigenvalue weighted by Crippen LogP contribution is 2.32. The zero-order valence-electron chi connectivity index (χ0n) is 14.4. The molecule has 1 saturated heterocycles. The Morgan fingerprint density at radius 2 is 1.88 bits per heavy atom. The highest BCUT2D eigenvalue weighted by Gasteiger charge is 2.35. The van der Waals surface area contributed by atoms with Crippen LogP contribution in [0.5, 0.6) is 5.75 Å². The van der Waals surface area contributed by atoms with Crippen molar-refractivity contribution in [1.82, 2.24) is 13.9 Å². The van der Waals surface area contributed by atoms with Gasteiger partial charge in [-0.3, -0.25) is 4.90 Å². The minimum absolute atomic E-state index is 0.00458. The number of para-hydroxylation sites is 1. The zero-order chi connectivity index (χ0) is 17.2. The third-order valence-electron chi connectivity index (χ3n) is 5.12. The first-order valence-corrected chi connectivity index (χ1v) is 10.1. The molecule has 0 bridgehead atoms. The van der Waals surface area contributed by atoms with Crippen molar-refractivity contribution < 1.29 is 13.2 Å². The van der Waals surface area contributed by atoms with E-state index in [2.05, 4.69) is 9.62 Å². The lowest BCUT2D eigenvalue weighted by atomic mass is 10.0. The van der Waals surface area contributed by atoms with Crippen LogP contribution in [0.2, 0.25) is 0 Å². The molecule has 1 saturated carbocycles. The van der Waals surface area contributed by atoms with Crippen LogP contribution in [0.15, 0.2) is 24.3 Å². The van der Waals surface area contributed by atoms with E-state index in [9.17, 15) is 8.42 Å². The molecule has 7 heteroatoms. The van der Waals surface area contributed by atoms with Gasteiger partial charge in [-0.15, -0.1) is 0 Å². The lowest BCUT2D eigenvalue weighted by Crippen LogP contribution is -2.53. The van der Waals surface area contributed by atoms with Crippen molar-refractivity contribution in [3.8, 4) is 5.75 Å². The summed E-state index contributed by atoms with van der Waals surface area (Å²) in [5.74, 6) is 0.803. The van der Waals surface area contributed by atoms with Crippen molar-refractivity contribution in [1.29, 1.82) is 0 Å². The summed E-state index contributed by atoms with van der Waals surface area (Å²) in [7, 11) is 0.249. The maximum absolute atomic E-state index is 12.7. The molecule has 1 atom stereocenters. The fraction of sp³-hybridized carbons (Fsp3) is 0.647. The molecule has 0 aromatic heterocycles. The largest absolute Gasteiger partial charge is 0.496 e. The number of piperazine rings is 1. The topological polar surface area (TPSA) is 61.9 Å². The SMILES string of the molecule is COc1ccccc1C1CN(S(=O)(=O)NC2CCCC2)CCN1C. The Hall–Kier alpha value is -1.15. The molecular weight excluding hydrogens is 326 g/mol. The van der Waals surface area contributed by atoms with Gasteiger partial charge < -0.3 is 4.74 Å². The lowest BCUT2D eigenvalue weighted by molar-refractivity contribution is 0.144. The molecule has 24 heavy (non-hydrogen) atoms. The van der Waals surface area contributed by atoms with Crippen molar-refractivity contribution in [3.63, 3.8) is 0 Å². The van der Waals surface area contributed by atoms with Crippen molar-refractivity contribution in [2.75, 3.05) is 33.8 Å². The molecule has 2 aliphatic rings. The predicted octanol–water partition coefficient (Wildman–Crippen LogP) is 1.76. The third kappa shape index (κ3) is 3.74. The first kappa shape index (κ1) is 17.7. The van der Waals surface area contributed by atoms with Gasteiger partial charge in [0.25, 0.3) is 10.2 Å². The van der Waals surface area contributed by atoms with Crippen molar-refractivity contribution in [2.45, 2.75) is 37.8 Å². The van der Waals surface area contributed by atoms with Crippen LogP contribution in [-0.2, 0) is 10.2 Å². The molecule has 1 heterocycles. The molecule has 134 valence electrons. The van der Waals surface area contributed by atoms with E-state index in [-0.39, 0.29) is 12.1 Å². The maximum atomic E-state index is 12.7. The number of nitrogens with one attached hydrogen (secondary N) is 1. The Labute approximate surface area is 145 Å². The Bertz CT molecular complexity index is 659. The van der Waals surface area contributed by atoms with Gasteiger partial charge in [0, 0.05) is 31.2 Å². The Balaban J connectivity index is 1.77. The van der Waals surface area contributed by atoms with Gasteiger partial charge in [0.1, 0.15) is 5.75 Å². The Kier molecular flexibility index (Phi) is 5.44. The van der Waals surface area contributed by atoms with Crippen LogP contribution in [-0.4, -0.2) is 57.5 Å². The quantitative estimate of drug-likeness (QED) is 0.876. The van der Waals surface area contributed by atoms with Crippen LogP contribution in [0.1, 0.15) is 37.3 Å². The molecule has 1 aromatic rings. The molecule has 1 aromatic carbocycles. The summed E-state index contributed by atoms with van der Waals surface area (Å²) < 4.78 is 35.4. The monoisotopic (exact) mass is 353 g/mol. The first-order valence-electron chi connectivity index (χ1n) is 8.62. The molecule has 0 amide bonds. The van der Waals surface area contributed by atoms with Crippen LogP contribution in [0.3, 0.4) is 0 Å².